The van der Waals surface area contributed by atoms with Gasteiger partial charge in [0.25, 0.3) is 0 Å². The highest BCUT2D eigenvalue weighted by Crippen LogP contribution is 2.30. The third-order valence-corrected chi connectivity index (χ3v) is 3.80. The number of thiophene rings is 1. The third-order valence-electron chi connectivity index (χ3n) is 2.01. The lowest BCUT2D eigenvalue weighted by Gasteiger charge is -2.22. The largest absolute Gasteiger partial charge is 0.440 e. The molecule has 1 aromatic rings. The Bertz CT molecular complexity index is 423. The van der Waals surface area contributed by atoms with Crippen LogP contribution >= 0.6 is 27.3 Å². The number of rotatable bonds is 4. The van der Waals surface area contributed by atoms with Crippen LogP contribution < -0.4 is 5.32 Å². The molecule has 0 aromatic carbocycles. The van der Waals surface area contributed by atoms with Crippen molar-refractivity contribution in [3.05, 3.63) is 33.5 Å². The summed E-state index contributed by atoms with van der Waals surface area (Å²) in [6.07, 6.45) is 1.67. The van der Waals surface area contributed by atoms with Gasteiger partial charge in [0, 0.05) is 26.7 Å². The van der Waals surface area contributed by atoms with Crippen LogP contribution in [-0.4, -0.2) is 11.6 Å². The van der Waals surface area contributed by atoms with Gasteiger partial charge in [-0.1, -0.05) is 6.08 Å². The quantitative estimate of drug-likeness (QED) is 0.815. The van der Waals surface area contributed by atoms with Crippen LogP contribution in [0.4, 0.5) is 4.79 Å². The molecule has 1 N–H and O–H groups in total. The van der Waals surface area contributed by atoms with Crippen molar-refractivity contribution in [3.63, 3.8) is 0 Å². The highest BCUT2D eigenvalue weighted by molar-refractivity contribution is 9.10. The molecule has 0 aliphatic heterocycles. The SMILES string of the molecule is C=CC[C@H](OC(=O)NC(C)(C)C)c1cc(Br)cs1. The minimum absolute atomic E-state index is 0.277. The highest BCUT2D eigenvalue weighted by Gasteiger charge is 2.20. The summed E-state index contributed by atoms with van der Waals surface area (Å²) in [7, 11) is 0. The fourth-order valence-electron chi connectivity index (χ4n) is 1.34. The topological polar surface area (TPSA) is 38.3 Å². The summed E-state index contributed by atoms with van der Waals surface area (Å²) >= 11 is 4.95. The molecule has 0 saturated heterocycles. The highest BCUT2D eigenvalue weighted by atomic mass is 79.9. The van der Waals surface area contributed by atoms with Crippen LogP contribution in [0.25, 0.3) is 0 Å². The van der Waals surface area contributed by atoms with Crippen molar-refractivity contribution < 1.29 is 9.53 Å². The minimum Gasteiger partial charge on any atom is -0.440 e. The minimum atomic E-state index is -0.404. The van der Waals surface area contributed by atoms with Gasteiger partial charge in [0.1, 0.15) is 6.10 Å². The van der Waals surface area contributed by atoms with Crippen LogP contribution in [0.3, 0.4) is 0 Å². The van der Waals surface area contributed by atoms with E-state index in [1.54, 1.807) is 17.4 Å². The van der Waals surface area contributed by atoms with Crippen LogP contribution in [0, 0.1) is 0 Å². The van der Waals surface area contributed by atoms with Gasteiger partial charge >= 0.3 is 6.09 Å². The molecule has 1 atom stereocenters. The Morgan fingerprint density at radius 2 is 2.33 bits per heavy atom. The number of hydrogen-bond acceptors (Lipinski definition) is 3. The molecule has 0 unspecified atom stereocenters. The van der Waals surface area contributed by atoms with Gasteiger partial charge in [-0.2, -0.15) is 0 Å². The number of nitrogens with one attached hydrogen (secondary N) is 1. The molecule has 0 aliphatic rings. The van der Waals surface area contributed by atoms with Gasteiger partial charge in [-0.25, -0.2) is 4.79 Å². The molecule has 100 valence electrons. The van der Waals surface area contributed by atoms with Crippen molar-refractivity contribution in [2.24, 2.45) is 0 Å². The van der Waals surface area contributed by atoms with Crippen molar-refractivity contribution in [1.82, 2.24) is 5.32 Å². The molecular weight excluding hydrogens is 314 g/mol. The lowest BCUT2D eigenvalue weighted by molar-refractivity contribution is 0.0941. The van der Waals surface area contributed by atoms with E-state index in [9.17, 15) is 4.79 Å². The first kappa shape index (κ1) is 15.2. The van der Waals surface area contributed by atoms with Crippen LogP contribution in [-0.2, 0) is 4.74 Å². The molecule has 0 bridgehead atoms. The Morgan fingerprint density at radius 1 is 1.67 bits per heavy atom. The maximum Gasteiger partial charge on any atom is 0.408 e. The van der Waals surface area contributed by atoms with Gasteiger partial charge in [0.15, 0.2) is 0 Å². The van der Waals surface area contributed by atoms with Crippen molar-refractivity contribution in [1.29, 1.82) is 0 Å². The van der Waals surface area contributed by atoms with Gasteiger partial charge in [-0.3, -0.25) is 0 Å². The van der Waals surface area contributed by atoms with E-state index in [0.29, 0.717) is 6.42 Å². The summed E-state index contributed by atoms with van der Waals surface area (Å²) in [6.45, 7) is 9.44. The molecule has 18 heavy (non-hydrogen) atoms. The van der Waals surface area contributed by atoms with Crippen LogP contribution in [0.5, 0.6) is 0 Å². The average Bonchev–Trinajstić information content (AvgIpc) is 2.61. The summed E-state index contributed by atoms with van der Waals surface area (Å²) in [4.78, 5) is 12.8. The Balaban J connectivity index is 2.69. The van der Waals surface area contributed by atoms with E-state index in [0.717, 1.165) is 9.35 Å². The zero-order chi connectivity index (χ0) is 13.8. The van der Waals surface area contributed by atoms with Crippen molar-refractivity contribution >= 4 is 33.4 Å². The summed E-state index contributed by atoms with van der Waals surface area (Å²) in [5.41, 5.74) is -0.300. The average molecular weight is 332 g/mol. The molecule has 0 fully saturated rings. The monoisotopic (exact) mass is 331 g/mol. The zero-order valence-electron chi connectivity index (χ0n) is 10.8. The molecule has 1 aromatic heterocycles. The number of carbonyl (C=O) groups excluding carboxylic acids is 1. The predicted octanol–water partition coefficient (Wildman–Crippen LogP) is 4.65. The second kappa shape index (κ2) is 6.38. The summed E-state index contributed by atoms with van der Waals surface area (Å²) in [6, 6.07) is 1.96. The first-order chi connectivity index (χ1) is 8.31. The Morgan fingerprint density at radius 3 is 2.78 bits per heavy atom. The van der Waals surface area contributed by atoms with Gasteiger partial charge < -0.3 is 10.1 Å². The molecule has 1 rings (SSSR count). The van der Waals surface area contributed by atoms with E-state index in [4.69, 9.17) is 4.74 Å². The number of hydrogen-bond donors (Lipinski definition) is 1. The zero-order valence-corrected chi connectivity index (χ0v) is 13.2. The van der Waals surface area contributed by atoms with Crippen LogP contribution in [0.2, 0.25) is 0 Å². The van der Waals surface area contributed by atoms with Crippen molar-refractivity contribution in [2.75, 3.05) is 0 Å². The fourth-order valence-corrected chi connectivity index (χ4v) is 2.82. The number of amides is 1. The molecule has 0 aliphatic carbocycles. The van der Waals surface area contributed by atoms with Crippen molar-refractivity contribution in [2.45, 2.75) is 38.8 Å². The Labute approximate surface area is 120 Å². The van der Waals surface area contributed by atoms with Crippen LogP contribution in [0.15, 0.2) is 28.6 Å². The normalized spacial score (nSPS) is 12.9. The molecule has 0 saturated carbocycles. The van der Waals surface area contributed by atoms with E-state index < -0.39 is 6.09 Å². The fraction of sp³-hybridized carbons (Fsp3) is 0.462. The number of carbonyl (C=O) groups is 1. The maximum absolute atomic E-state index is 11.7. The number of halogens is 1. The second-order valence-corrected chi connectivity index (χ2v) is 6.82. The molecule has 5 heteroatoms. The molecule has 3 nitrogen and oxygen atoms in total. The van der Waals surface area contributed by atoms with E-state index >= 15 is 0 Å². The van der Waals surface area contributed by atoms with E-state index in [2.05, 4.69) is 27.8 Å². The first-order valence-electron chi connectivity index (χ1n) is 5.65. The molecule has 1 heterocycles. The Kier molecular flexibility index (Phi) is 5.41. The van der Waals surface area contributed by atoms with Gasteiger partial charge in [0.2, 0.25) is 0 Å². The lowest BCUT2D eigenvalue weighted by Crippen LogP contribution is -2.41. The molecular formula is C13H18BrNO2S. The van der Waals surface area contributed by atoms with E-state index in [1.807, 2.05) is 32.2 Å². The summed E-state index contributed by atoms with van der Waals surface area (Å²) < 4.78 is 6.43. The van der Waals surface area contributed by atoms with E-state index in [1.165, 1.54) is 0 Å². The van der Waals surface area contributed by atoms with Gasteiger partial charge in [0.05, 0.1) is 0 Å². The lowest BCUT2D eigenvalue weighted by atomic mass is 10.1. The maximum atomic E-state index is 11.7. The van der Waals surface area contributed by atoms with Crippen molar-refractivity contribution in [3.8, 4) is 0 Å². The second-order valence-electron chi connectivity index (χ2n) is 4.96. The smallest absolute Gasteiger partial charge is 0.408 e. The van der Waals surface area contributed by atoms with E-state index in [-0.39, 0.29) is 11.6 Å². The molecule has 0 radical (unpaired) electrons. The first-order valence-corrected chi connectivity index (χ1v) is 7.32. The van der Waals surface area contributed by atoms with Crippen LogP contribution in [0.1, 0.15) is 38.2 Å². The standard InChI is InChI=1S/C13H18BrNO2S/c1-5-6-10(11-7-9(14)8-18-11)17-12(16)15-13(2,3)4/h5,7-8,10H,1,6H2,2-4H3,(H,15,16)/t10-/m0/s1. The number of ether oxygens (including phenoxy) is 1. The van der Waals surface area contributed by atoms with Gasteiger partial charge in [-0.15, -0.1) is 17.9 Å². The summed E-state index contributed by atoms with van der Waals surface area (Å²) in [5, 5.41) is 4.75. The third kappa shape index (κ3) is 5.23. The molecule has 1 amide bonds. The summed E-state index contributed by atoms with van der Waals surface area (Å²) in [5.74, 6) is 0. The predicted molar refractivity (Wildman–Crippen MR) is 78.9 cm³/mol. The Hall–Kier alpha value is -0.810. The molecule has 0 spiro atoms. The van der Waals surface area contributed by atoms with Gasteiger partial charge in [-0.05, 0) is 42.8 Å². The number of alkyl carbamates (subject to hydrolysis) is 1.